The Morgan fingerprint density at radius 2 is 1.94 bits per heavy atom. The molecule has 1 aromatic rings. The summed E-state index contributed by atoms with van der Waals surface area (Å²) < 4.78 is 0.810. The Labute approximate surface area is 117 Å². The van der Waals surface area contributed by atoms with Crippen molar-refractivity contribution in [1.82, 2.24) is 4.98 Å². The maximum Gasteiger partial charge on any atom is 0.127 e. The monoisotopic (exact) mass is 312 g/mol. The number of hydrogen-bond donors (Lipinski definition) is 2. The van der Waals surface area contributed by atoms with Crippen molar-refractivity contribution in [1.29, 1.82) is 0 Å². The van der Waals surface area contributed by atoms with Crippen molar-refractivity contribution in [3.05, 3.63) is 22.8 Å². The summed E-state index contributed by atoms with van der Waals surface area (Å²) in [6.07, 6.45) is 3.89. The van der Waals surface area contributed by atoms with Crippen LogP contribution in [-0.2, 0) is 0 Å². The number of aliphatic hydroxyl groups is 1. The zero-order valence-corrected chi connectivity index (χ0v) is 12.6. The molecule has 0 atom stereocenters. The number of aromatic nitrogens is 1. The molecule has 0 unspecified atom stereocenters. The SMILES string of the molecule is CC1(C)CCC(O)(CNc2cccc(Br)n2)CC1. The van der Waals surface area contributed by atoms with Crippen molar-refractivity contribution < 1.29 is 5.11 Å². The highest BCUT2D eigenvalue weighted by atomic mass is 79.9. The summed E-state index contributed by atoms with van der Waals surface area (Å²) in [6, 6.07) is 5.75. The van der Waals surface area contributed by atoms with Crippen LogP contribution in [0.25, 0.3) is 0 Å². The Balaban J connectivity index is 1.90. The van der Waals surface area contributed by atoms with Crippen LogP contribution >= 0.6 is 15.9 Å². The van der Waals surface area contributed by atoms with Gasteiger partial charge in [0.15, 0.2) is 0 Å². The Hall–Kier alpha value is -0.610. The topological polar surface area (TPSA) is 45.1 Å². The first-order valence-electron chi connectivity index (χ1n) is 6.48. The van der Waals surface area contributed by atoms with Crippen LogP contribution in [-0.4, -0.2) is 22.2 Å². The van der Waals surface area contributed by atoms with E-state index in [4.69, 9.17) is 0 Å². The zero-order valence-electron chi connectivity index (χ0n) is 11.0. The zero-order chi connectivity index (χ0) is 13.2. The molecule has 3 nitrogen and oxygen atoms in total. The minimum absolute atomic E-state index is 0.375. The van der Waals surface area contributed by atoms with E-state index >= 15 is 0 Å². The lowest BCUT2D eigenvalue weighted by molar-refractivity contribution is -0.0145. The highest BCUT2D eigenvalue weighted by Gasteiger charge is 2.36. The highest BCUT2D eigenvalue weighted by Crippen LogP contribution is 2.40. The van der Waals surface area contributed by atoms with Crippen molar-refractivity contribution in [2.45, 2.75) is 45.1 Å². The molecule has 18 heavy (non-hydrogen) atoms. The maximum atomic E-state index is 10.5. The summed E-state index contributed by atoms with van der Waals surface area (Å²) in [5, 5.41) is 13.8. The summed E-state index contributed by atoms with van der Waals surface area (Å²) in [5.41, 5.74) is -0.209. The largest absolute Gasteiger partial charge is 0.388 e. The quantitative estimate of drug-likeness (QED) is 0.838. The fraction of sp³-hybridized carbons (Fsp3) is 0.643. The first-order valence-corrected chi connectivity index (χ1v) is 7.27. The number of nitrogens with zero attached hydrogens (tertiary/aromatic N) is 1. The van der Waals surface area contributed by atoms with Crippen LogP contribution in [0.15, 0.2) is 22.8 Å². The summed E-state index contributed by atoms with van der Waals surface area (Å²) in [4.78, 5) is 4.31. The van der Waals surface area contributed by atoms with Crippen molar-refractivity contribution >= 4 is 21.7 Å². The fourth-order valence-electron chi connectivity index (χ4n) is 2.33. The molecule has 1 heterocycles. The van der Waals surface area contributed by atoms with E-state index in [1.807, 2.05) is 18.2 Å². The fourth-order valence-corrected chi connectivity index (χ4v) is 2.67. The van der Waals surface area contributed by atoms with Gasteiger partial charge in [-0.15, -0.1) is 0 Å². The molecule has 1 aliphatic carbocycles. The molecule has 0 amide bonds. The molecule has 1 fully saturated rings. The van der Waals surface area contributed by atoms with Gasteiger partial charge in [-0.3, -0.25) is 0 Å². The predicted octanol–water partition coefficient (Wildman–Crippen LogP) is 3.59. The highest BCUT2D eigenvalue weighted by molar-refractivity contribution is 9.10. The summed E-state index contributed by atoms with van der Waals surface area (Å²) in [7, 11) is 0. The lowest BCUT2D eigenvalue weighted by atomic mass is 9.71. The van der Waals surface area contributed by atoms with Crippen molar-refractivity contribution in [3.8, 4) is 0 Å². The van der Waals surface area contributed by atoms with E-state index in [1.165, 1.54) is 0 Å². The number of halogens is 1. The Morgan fingerprint density at radius 3 is 2.56 bits per heavy atom. The van der Waals surface area contributed by atoms with Crippen LogP contribution in [0.4, 0.5) is 5.82 Å². The molecule has 0 aromatic carbocycles. The molecule has 0 bridgehead atoms. The van der Waals surface area contributed by atoms with E-state index in [9.17, 15) is 5.11 Å². The first kappa shape index (κ1) is 13.8. The van der Waals surface area contributed by atoms with Crippen molar-refractivity contribution in [2.75, 3.05) is 11.9 Å². The van der Waals surface area contributed by atoms with E-state index in [0.29, 0.717) is 12.0 Å². The Bertz CT molecular complexity index is 410. The Morgan fingerprint density at radius 1 is 1.28 bits per heavy atom. The van der Waals surface area contributed by atoms with Gasteiger partial charge in [-0.25, -0.2) is 4.98 Å². The molecule has 0 aliphatic heterocycles. The molecule has 4 heteroatoms. The van der Waals surface area contributed by atoms with Crippen LogP contribution in [0.5, 0.6) is 0 Å². The second kappa shape index (κ2) is 5.17. The third kappa shape index (κ3) is 3.69. The number of hydrogen-bond acceptors (Lipinski definition) is 3. The van der Waals surface area contributed by atoms with Crippen LogP contribution in [0, 0.1) is 5.41 Å². The van der Waals surface area contributed by atoms with Crippen LogP contribution in [0.3, 0.4) is 0 Å². The van der Waals surface area contributed by atoms with Gasteiger partial charge in [0, 0.05) is 6.54 Å². The maximum absolute atomic E-state index is 10.5. The number of nitrogens with one attached hydrogen (secondary N) is 1. The van der Waals surface area contributed by atoms with Gasteiger partial charge in [-0.2, -0.15) is 0 Å². The number of pyridine rings is 1. The van der Waals surface area contributed by atoms with Gasteiger partial charge in [0.1, 0.15) is 10.4 Å². The average molecular weight is 313 g/mol. The van der Waals surface area contributed by atoms with Crippen LogP contribution in [0.1, 0.15) is 39.5 Å². The summed E-state index contributed by atoms with van der Waals surface area (Å²) >= 11 is 3.34. The lowest BCUT2D eigenvalue weighted by Crippen LogP contribution is -2.42. The molecule has 1 saturated carbocycles. The van der Waals surface area contributed by atoms with E-state index in [2.05, 4.69) is 40.1 Å². The van der Waals surface area contributed by atoms with E-state index in [-0.39, 0.29) is 0 Å². The molecule has 0 saturated heterocycles. The molecule has 100 valence electrons. The molecule has 2 N–H and O–H groups in total. The normalized spacial score (nSPS) is 21.6. The average Bonchev–Trinajstić information content (AvgIpc) is 2.32. The molecule has 0 radical (unpaired) electrons. The Kier molecular flexibility index (Phi) is 3.97. The molecule has 1 aliphatic rings. The summed E-state index contributed by atoms with van der Waals surface area (Å²) in [5.74, 6) is 0.808. The third-order valence-corrected chi connectivity index (χ3v) is 4.29. The van der Waals surface area contributed by atoms with Gasteiger partial charge in [0.2, 0.25) is 0 Å². The van der Waals surface area contributed by atoms with Gasteiger partial charge >= 0.3 is 0 Å². The van der Waals surface area contributed by atoms with Gasteiger partial charge in [-0.1, -0.05) is 19.9 Å². The van der Waals surface area contributed by atoms with Gasteiger partial charge in [0.05, 0.1) is 5.60 Å². The van der Waals surface area contributed by atoms with Crippen molar-refractivity contribution in [3.63, 3.8) is 0 Å². The molecular formula is C14H21BrN2O. The molecule has 2 rings (SSSR count). The lowest BCUT2D eigenvalue weighted by Gasteiger charge is -2.40. The number of anilines is 1. The minimum atomic E-state index is -0.584. The summed E-state index contributed by atoms with van der Waals surface area (Å²) in [6.45, 7) is 5.12. The minimum Gasteiger partial charge on any atom is -0.388 e. The van der Waals surface area contributed by atoms with Gasteiger partial charge in [-0.05, 0) is 59.2 Å². The predicted molar refractivity (Wildman–Crippen MR) is 77.6 cm³/mol. The molecule has 1 aromatic heterocycles. The van der Waals surface area contributed by atoms with Crippen LogP contribution < -0.4 is 5.32 Å². The second-order valence-electron chi connectivity index (χ2n) is 6.09. The van der Waals surface area contributed by atoms with Gasteiger partial charge < -0.3 is 10.4 Å². The van der Waals surface area contributed by atoms with Crippen molar-refractivity contribution in [2.24, 2.45) is 5.41 Å². The first-order chi connectivity index (χ1) is 8.39. The standard InChI is InChI=1S/C14H21BrN2O/c1-13(2)6-8-14(18,9-7-13)10-16-12-5-3-4-11(15)17-12/h3-5,18H,6-10H2,1-2H3,(H,16,17). The van der Waals surface area contributed by atoms with E-state index in [0.717, 1.165) is 36.1 Å². The molecule has 0 spiro atoms. The van der Waals surface area contributed by atoms with Gasteiger partial charge in [0.25, 0.3) is 0 Å². The van der Waals surface area contributed by atoms with Crippen LogP contribution in [0.2, 0.25) is 0 Å². The second-order valence-corrected chi connectivity index (χ2v) is 6.90. The van der Waals surface area contributed by atoms with E-state index in [1.54, 1.807) is 0 Å². The van der Waals surface area contributed by atoms with E-state index < -0.39 is 5.60 Å². The number of rotatable bonds is 3. The smallest absolute Gasteiger partial charge is 0.127 e. The molecular weight excluding hydrogens is 292 g/mol. The third-order valence-electron chi connectivity index (χ3n) is 3.85.